The summed E-state index contributed by atoms with van der Waals surface area (Å²) in [5.74, 6) is 0.857. The Morgan fingerprint density at radius 2 is 1.72 bits per heavy atom. The van der Waals surface area contributed by atoms with Crippen molar-refractivity contribution >= 4 is 33.2 Å². The lowest BCUT2D eigenvalue weighted by Crippen LogP contribution is -2.09. The minimum Gasteiger partial charge on any atom is -0.308 e. The number of aromatic nitrogens is 3. The maximum atomic E-state index is 12.5. The normalized spacial score (nSPS) is 11.6. The molecule has 1 aromatic heterocycles. The van der Waals surface area contributed by atoms with E-state index >= 15 is 0 Å². The fraction of sp³-hybridized carbons (Fsp3) is 0.176. The van der Waals surface area contributed by atoms with Gasteiger partial charge in [-0.15, -0.1) is 10.2 Å². The molecule has 0 aliphatic carbocycles. The van der Waals surface area contributed by atoms with Crippen molar-refractivity contribution in [1.82, 2.24) is 14.8 Å². The highest BCUT2D eigenvalue weighted by molar-refractivity contribution is 7.98. The molecule has 0 amide bonds. The van der Waals surface area contributed by atoms with Gasteiger partial charge in [0.15, 0.2) is 15.0 Å². The molecular formula is C17H16ClN3O2S2. The molecule has 0 radical (unpaired) electrons. The Morgan fingerprint density at radius 1 is 1.04 bits per heavy atom. The van der Waals surface area contributed by atoms with Gasteiger partial charge in [-0.25, -0.2) is 8.42 Å². The van der Waals surface area contributed by atoms with Gasteiger partial charge in [0.25, 0.3) is 0 Å². The van der Waals surface area contributed by atoms with Crippen molar-refractivity contribution in [2.45, 2.75) is 21.6 Å². The zero-order valence-electron chi connectivity index (χ0n) is 13.5. The van der Waals surface area contributed by atoms with Gasteiger partial charge in [0, 0.05) is 17.8 Å². The first-order chi connectivity index (χ1) is 12.0. The van der Waals surface area contributed by atoms with Gasteiger partial charge in [0.2, 0.25) is 0 Å². The van der Waals surface area contributed by atoms with Crippen molar-refractivity contribution in [2.24, 2.45) is 7.05 Å². The van der Waals surface area contributed by atoms with Gasteiger partial charge in [0.05, 0.1) is 4.90 Å². The molecule has 2 aromatic carbocycles. The number of rotatable bonds is 6. The third-order valence-electron chi connectivity index (χ3n) is 3.66. The summed E-state index contributed by atoms with van der Waals surface area (Å²) >= 11 is 7.62. The summed E-state index contributed by atoms with van der Waals surface area (Å²) < 4.78 is 26.7. The van der Waals surface area contributed by atoms with Crippen LogP contribution in [0.25, 0.3) is 0 Å². The van der Waals surface area contributed by atoms with E-state index in [1.54, 1.807) is 41.9 Å². The van der Waals surface area contributed by atoms with Gasteiger partial charge in [0.1, 0.15) is 11.6 Å². The number of halogens is 1. The third kappa shape index (κ3) is 4.23. The quantitative estimate of drug-likeness (QED) is 0.597. The van der Waals surface area contributed by atoms with Crippen LogP contribution in [0.1, 0.15) is 11.4 Å². The molecule has 0 atom stereocenters. The fourth-order valence-electron chi connectivity index (χ4n) is 2.24. The number of sulfone groups is 1. The lowest BCUT2D eigenvalue weighted by molar-refractivity contribution is 0.591. The SMILES string of the molecule is Cn1c(CS(=O)(=O)c2ccccc2)nnc1SCc1ccccc1Cl. The summed E-state index contributed by atoms with van der Waals surface area (Å²) in [6.07, 6.45) is 0. The van der Waals surface area contributed by atoms with Gasteiger partial charge in [-0.1, -0.05) is 59.8 Å². The van der Waals surface area contributed by atoms with Crippen molar-refractivity contribution in [1.29, 1.82) is 0 Å². The second-order valence-corrected chi connectivity index (χ2v) is 8.75. The summed E-state index contributed by atoms with van der Waals surface area (Å²) in [7, 11) is -1.68. The summed E-state index contributed by atoms with van der Waals surface area (Å²) in [5, 5.41) is 9.50. The first-order valence-corrected chi connectivity index (χ1v) is 10.5. The molecule has 0 saturated heterocycles. The Bertz CT molecular complexity index is 973. The molecule has 0 fully saturated rings. The van der Waals surface area contributed by atoms with E-state index in [9.17, 15) is 8.42 Å². The molecule has 0 aliphatic rings. The number of benzene rings is 2. The standard InChI is InChI=1S/C17H16ClN3O2S2/c1-21-16(12-25(22,23)14-8-3-2-4-9-14)19-20-17(21)24-11-13-7-5-6-10-15(13)18/h2-10H,11-12H2,1H3. The predicted octanol–water partition coefficient (Wildman–Crippen LogP) is 3.73. The molecule has 0 bridgehead atoms. The molecule has 3 aromatic rings. The minimum absolute atomic E-state index is 0.187. The Morgan fingerprint density at radius 3 is 2.44 bits per heavy atom. The van der Waals surface area contributed by atoms with Gasteiger partial charge in [-0.2, -0.15) is 0 Å². The molecule has 0 N–H and O–H groups in total. The molecular weight excluding hydrogens is 378 g/mol. The van der Waals surface area contributed by atoms with Crippen LogP contribution in [-0.2, 0) is 28.4 Å². The molecule has 25 heavy (non-hydrogen) atoms. The Hall–Kier alpha value is -1.83. The van der Waals surface area contributed by atoms with E-state index < -0.39 is 9.84 Å². The monoisotopic (exact) mass is 393 g/mol. The zero-order chi connectivity index (χ0) is 17.9. The van der Waals surface area contributed by atoms with Crippen LogP contribution in [0.3, 0.4) is 0 Å². The van der Waals surface area contributed by atoms with Crippen molar-refractivity contribution in [3.8, 4) is 0 Å². The van der Waals surface area contributed by atoms with E-state index in [0.29, 0.717) is 21.8 Å². The summed E-state index contributed by atoms with van der Waals surface area (Å²) in [5.41, 5.74) is 0.996. The molecule has 1 heterocycles. The van der Waals surface area contributed by atoms with Crippen molar-refractivity contribution in [3.63, 3.8) is 0 Å². The first kappa shape index (κ1) is 18.0. The van der Waals surface area contributed by atoms with Crippen LogP contribution < -0.4 is 0 Å². The number of nitrogens with zero attached hydrogens (tertiary/aromatic N) is 3. The molecule has 130 valence electrons. The molecule has 0 saturated carbocycles. The highest BCUT2D eigenvalue weighted by Gasteiger charge is 2.20. The van der Waals surface area contributed by atoms with Crippen LogP contribution in [0.15, 0.2) is 64.6 Å². The first-order valence-electron chi connectivity index (χ1n) is 7.49. The van der Waals surface area contributed by atoms with Crippen molar-refractivity contribution in [3.05, 3.63) is 71.0 Å². The van der Waals surface area contributed by atoms with Crippen molar-refractivity contribution < 1.29 is 8.42 Å². The second-order valence-electron chi connectivity index (χ2n) is 5.41. The molecule has 8 heteroatoms. The van der Waals surface area contributed by atoms with E-state index in [1.165, 1.54) is 11.8 Å². The van der Waals surface area contributed by atoms with E-state index in [1.807, 2.05) is 24.3 Å². The second kappa shape index (κ2) is 7.59. The van der Waals surface area contributed by atoms with E-state index in [2.05, 4.69) is 10.2 Å². The average Bonchev–Trinajstić information content (AvgIpc) is 2.95. The molecule has 5 nitrogen and oxygen atoms in total. The highest BCUT2D eigenvalue weighted by Crippen LogP contribution is 2.26. The van der Waals surface area contributed by atoms with Crippen molar-refractivity contribution in [2.75, 3.05) is 0 Å². The van der Waals surface area contributed by atoms with Crippen LogP contribution in [0, 0.1) is 0 Å². The largest absolute Gasteiger partial charge is 0.308 e. The average molecular weight is 394 g/mol. The lowest BCUT2D eigenvalue weighted by atomic mass is 10.2. The number of hydrogen-bond acceptors (Lipinski definition) is 5. The van der Waals surface area contributed by atoms with Gasteiger partial charge < -0.3 is 4.57 Å². The lowest BCUT2D eigenvalue weighted by Gasteiger charge is -2.06. The topological polar surface area (TPSA) is 64.8 Å². The summed E-state index contributed by atoms with van der Waals surface area (Å²) in [6.45, 7) is 0. The maximum Gasteiger partial charge on any atom is 0.191 e. The van der Waals surface area contributed by atoms with E-state index in [0.717, 1.165) is 5.56 Å². The van der Waals surface area contributed by atoms with Gasteiger partial charge in [-0.3, -0.25) is 0 Å². The highest BCUT2D eigenvalue weighted by atomic mass is 35.5. The Labute approximate surface area is 156 Å². The van der Waals surface area contributed by atoms with Crippen LogP contribution >= 0.6 is 23.4 Å². The van der Waals surface area contributed by atoms with Gasteiger partial charge >= 0.3 is 0 Å². The van der Waals surface area contributed by atoms with Crippen LogP contribution in [0.5, 0.6) is 0 Å². The predicted molar refractivity (Wildman–Crippen MR) is 99.3 cm³/mol. The minimum atomic E-state index is -3.45. The Balaban J connectivity index is 1.74. The van der Waals surface area contributed by atoms with Crippen LogP contribution in [0.2, 0.25) is 5.02 Å². The summed E-state index contributed by atoms with van der Waals surface area (Å²) in [6, 6.07) is 15.9. The van der Waals surface area contributed by atoms with E-state index in [-0.39, 0.29) is 10.6 Å². The summed E-state index contributed by atoms with van der Waals surface area (Å²) in [4.78, 5) is 0.281. The zero-order valence-corrected chi connectivity index (χ0v) is 15.9. The number of thioether (sulfide) groups is 1. The van der Waals surface area contributed by atoms with Crippen LogP contribution in [0.4, 0.5) is 0 Å². The maximum absolute atomic E-state index is 12.5. The molecule has 0 unspecified atom stereocenters. The fourth-order valence-corrected chi connectivity index (χ4v) is 4.78. The smallest absolute Gasteiger partial charge is 0.191 e. The van der Waals surface area contributed by atoms with Crippen LogP contribution in [-0.4, -0.2) is 23.2 Å². The molecule has 0 aliphatic heterocycles. The van der Waals surface area contributed by atoms with E-state index in [4.69, 9.17) is 11.6 Å². The number of hydrogen-bond donors (Lipinski definition) is 0. The molecule has 3 rings (SSSR count). The third-order valence-corrected chi connectivity index (χ3v) is 6.73. The Kier molecular flexibility index (Phi) is 5.46. The van der Waals surface area contributed by atoms with Gasteiger partial charge in [-0.05, 0) is 23.8 Å². The molecule has 0 spiro atoms.